The number of aliphatic hydroxyl groups excluding tert-OH is 1. The monoisotopic (exact) mass is 1220 g/mol. The third-order valence-corrected chi connectivity index (χ3v) is 11.2. The van der Waals surface area contributed by atoms with Gasteiger partial charge in [0, 0.05) is 34.5 Å². The Kier molecular flexibility index (Phi) is 31.1. The van der Waals surface area contributed by atoms with Gasteiger partial charge in [0.25, 0.3) is 0 Å². The predicted octanol–water partition coefficient (Wildman–Crippen LogP) is 14.4. The Bertz CT molecular complexity index is 2010. The Hall–Kier alpha value is -1.74. The molecule has 0 saturated carbocycles. The third kappa shape index (κ3) is 23.1. The first-order valence-electron chi connectivity index (χ1n) is 16.5. The van der Waals surface area contributed by atoms with E-state index in [4.69, 9.17) is 68.7 Å². The van der Waals surface area contributed by atoms with Gasteiger partial charge in [-0.2, -0.15) is 0 Å². The van der Waals surface area contributed by atoms with Crippen molar-refractivity contribution < 1.29 is 18.3 Å². The summed E-state index contributed by atoms with van der Waals surface area (Å²) in [7, 11) is 0. The average Bonchev–Trinajstić information content (AvgIpc) is 3.18. The van der Waals surface area contributed by atoms with E-state index < -0.39 is 0 Å². The molecule has 0 fully saturated rings. The van der Waals surface area contributed by atoms with Gasteiger partial charge in [0.2, 0.25) is 0 Å². The van der Waals surface area contributed by atoms with Crippen LogP contribution in [0.4, 0.5) is 30.2 Å². The number of rotatable bonds is 9. The maximum Gasteiger partial charge on any atom is 0.168 e. The molecule has 7 nitrogen and oxygen atoms in total. The molecule has 0 spiro atoms. The second-order valence-electron chi connectivity index (χ2n) is 11.1. The first-order valence-corrected chi connectivity index (χ1v) is 22.7. The highest BCUT2D eigenvalue weighted by atomic mass is 79.9. The molecule has 0 bridgehead atoms. The molecule has 21 heteroatoms. The number of hydrogen-bond acceptors (Lipinski definition) is 6. The van der Waals surface area contributed by atoms with Crippen LogP contribution in [0, 0.1) is 17.5 Å². The molecule has 60 heavy (non-hydrogen) atoms. The number of nitrogens with one attached hydrogen (secondary N) is 1. The van der Waals surface area contributed by atoms with Gasteiger partial charge < -0.3 is 27.6 Å². The summed E-state index contributed by atoms with van der Waals surface area (Å²) < 4.78 is 38.4. The van der Waals surface area contributed by atoms with E-state index in [-0.39, 0.29) is 63.1 Å². The number of thioether (sulfide) groups is 2. The molecule has 0 atom stereocenters. The number of amidine groups is 2. The van der Waals surface area contributed by atoms with Gasteiger partial charge in [-0.1, -0.05) is 102 Å². The number of nitrogens with two attached hydrogens (primary N) is 3. The fourth-order valence-electron chi connectivity index (χ4n) is 4.11. The van der Waals surface area contributed by atoms with Crippen molar-refractivity contribution in [3.63, 3.8) is 0 Å². The van der Waals surface area contributed by atoms with Crippen LogP contribution in [-0.2, 0) is 22.2 Å². The third-order valence-electron chi connectivity index (χ3n) is 6.77. The second kappa shape index (κ2) is 32.0. The number of anilines is 1. The number of halogens is 11. The molecule has 0 heterocycles. The van der Waals surface area contributed by atoms with Crippen LogP contribution in [0.15, 0.2) is 107 Å². The van der Waals surface area contributed by atoms with Gasteiger partial charge in [-0.15, -0.1) is 34.0 Å². The normalized spacial score (nSPS) is 10.6. The number of aliphatic hydroxyl groups is 1. The number of aliphatic imine (C=N–C) groups is 2. The van der Waals surface area contributed by atoms with Crippen LogP contribution in [-0.4, -0.2) is 27.2 Å². The van der Waals surface area contributed by atoms with Crippen molar-refractivity contribution in [1.29, 1.82) is 0 Å². The number of benzene rings is 5. The van der Waals surface area contributed by atoms with Crippen LogP contribution in [0.2, 0.25) is 20.1 Å². The van der Waals surface area contributed by atoms with Crippen molar-refractivity contribution in [2.45, 2.75) is 29.1 Å². The standard InChI is InChI=1S/C22H18Cl2F2N4S2.C8H6Br2Cl2.C7H7FN2S.C2H6O.2BrH/c23-19-9-13(11-31-21(27)29-17-5-1-15(25)2-6-17)14(10-20(19)24)12-32-22(28)30-18-7-3-16(26)4-8-18;9-3-5-1-7(11)8(12)2-6(5)4-10;8-5-1-3-6(4-2-5)10-7(9)11;1-2-3;;/h1-10H,11-12H2,(H2,27,29)(H2,28,30);1-2H,3-4H2;1-4H,(H3,9,10,11);3H,2H2,1H3;2*1H. The Morgan fingerprint density at radius 3 is 1.18 bits per heavy atom. The predicted molar refractivity (Wildman–Crippen MR) is 276 cm³/mol. The minimum atomic E-state index is -0.338. The summed E-state index contributed by atoms with van der Waals surface area (Å²) in [6.45, 7) is 1.93. The second-order valence-corrected chi connectivity index (χ2v) is 16.3. The number of nitrogens with zero attached hydrogens (tertiary/aromatic N) is 2. The highest BCUT2D eigenvalue weighted by Gasteiger charge is 2.11. The molecule has 0 aliphatic rings. The van der Waals surface area contributed by atoms with Gasteiger partial charge in [0.1, 0.15) is 17.5 Å². The van der Waals surface area contributed by atoms with E-state index in [1.807, 2.05) is 12.1 Å². The van der Waals surface area contributed by atoms with Gasteiger partial charge in [-0.05, 0) is 138 Å². The summed E-state index contributed by atoms with van der Waals surface area (Å²) >= 11 is 38.1. The van der Waals surface area contributed by atoms with Crippen molar-refractivity contribution in [2.75, 3.05) is 11.9 Å². The lowest BCUT2D eigenvalue weighted by Crippen LogP contribution is -2.18. The van der Waals surface area contributed by atoms with Gasteiger partial charge in [0.05, 0.1) is 31.5 Å². The summed E-state index contributed by atoms with van der Waals surface area (Å²) in [5.74, 6) is 0.0422. The molecule has 0 amide bonds. The van der Waals surface area contributed by atoms with E-state index in [0.29, 0.717) is 59.0 Å². The zero-order chi connectivity index (χ0) is 43.2. The summed E-state index contributed by atoms with van der Waals surface area (Å²) in [5.41, 5.74) is 23.2. The van der Waals surface area contributed by atoms with Gasteiger partial charge in [-0.25, -0.2) is 23.2 Å². The van der Waals surface area contributed by atoms with E-state index in [9.17, 15) is 13.2 Å². The minimum absolute atomic E-state index is 0. The summed E-state index contributed by atoms with van der Waals surface area (Å²) in [5, 5.41) is 14.8. The molecule has 0 aromatic heterocycles. The van der Waals surface area contributed by atoms with Crippen LogP contribution < -0.4 is 22.5 Å². The smallest absolute Gasteiger partial charge is 0.168 e. The molecule has 0 unspecified atom stereocenters. The molecule has 5 aromatic rings. The molecule has 0 radical (unpaired) electrons. The number of hydrogen-bond donors (Lipinski definition) is 5. The first kappa shape index (κ1) is 58.3. The van der Waals surface area contributed by atoms with E-state index >= 15 is 0 Å². The van der Waals surface area contributed by atoms with Crippen LogP contribution in [0.1, 0.15) is 29.2 Å². The molecule has 5 aromatic carbocycles. The van der Waals surface area contributed by atoms with Gasteiger partial charge >= 0.3 is 0 Å². The van der Waals surface area contributed by atoms with Crippen molar-refractivity contribution in [3.05, 3.63) is 157 Å². The van der Waals surface area contributed by atoms with Crippen LogP contribution in [0.3, 0.4) is 0 Å². The van der Waals surface area contributed by atoms with Crippen LogP contribution in [0.5, 0.6) is 0 Å². The molecule has 326 valence electrons. The van der Waals surface area contributed by atoms with Crippen molar-refractivity contribution in [2.24, 2.45) is 27.2 Å². The lowest BCUT2D eigenvalue weighted by atomic mass is 10.1. The highest BCUT2D eigenvalue weighted by molar-refractivity contribution is 9.09. The lowest BCUT2D eigenvalue weighted by molar-refractivity contribution is 0.318. The van der Waals surface area contributed by atoms with Crippen molar-refractivity contribution >= 4 is 180 Å². The maximum atomic E-state index is 13.0. The van der Waals surface area contributed by atoms with Gasteiger partial charge in [0.15, 0.2) is 15.4 Å². The molecule has 0 aliphatic heterocycles. The lowest BCUT2D eigenvalue weighted by Gasteiger charge is -2.11. The zero-order valence-electron chi connectivity index (χ0n) is 31.3. The summed E-state index contributed by atoms with van der Waals surface area (Å²) in [6, 6.07) is 24.6. The summed E-state index contributed by atoms with van der Waals surface area (Å²) in [4.78, 5) is 8.55. The van der Waals surface area contributed by atoms with Crippen LogP contribution >= 0.6 is 148 Å². The SMILES string of the molecule is Br.Br.CCO.Clc1cc(CBr)c(CBr)cc1Cl.NC(=Nc1ccc(F)cc1)SCc1cc(Cl)c(Cl)cc1CSC(N)=Nc1ccc(F)cc1.NC(=S)Nc1ccc(F)cc1. The molecule has 5 rings (SSSR count). The Morgan fingerprint density at radius 2 is 0.900 bits per heavy atom. The fraction of sp³-hybridized carbons (Fsp3) is 0.154. The van der Waals surface area contributed by atoms with Crippen molar-refractivity contribution in [3.8, 4) is 0 Å². The molecular weight excluding hydrogens is 1180 g/mol. The molecule has 8 N–H and O–H groups in total. The van der Waals surface area contributed by atoms with E-state index in [0.717, 1.165) is 21.8 Å². The zero-order valence-corrected chi connectivity index (χ0v) is 43.4. The average molecular weight is 1220 g/mol. The Balaban J connectivity index is 0.00000102. The number of thiocarbonyl (C=S) groups is 1. The van der Waals surface area contributed by atoms with Gasteiger partial charge in [-0.3, -0.25) is 0 Å². The highest BCUT2D eigenvalue weighted by Crippen LogP contribution is 2.32. The minimum Gasteiger partial charge on any atom is -0.397 e. The van der Waals surface area contributed by atoms with E-state index in [2.05, 4.69) is 59.4 Å². The summed E-state index contributed by atoms with van der Waals surface area (Å²) in [6.07, 6.45) is 0. The van der Waals surface area contributed by atoms with E-state index in [1.165, 1.54) is 71.0 Å². The fourth-order valence-corrected chi connectivity index (χ4v) is 7.50. The molecular formula is C39H39Br4Cl4F3N6OS3. The maximum absolute atomic E-state index is 13.0. The quantitative estimate of drug-likeness (QED) is 0.0426. The van der Waals surface area contributed by atoms with Crippen molar-refractivity contribution in [1.82, 2.24) is 0 Å². The largest absolute Gasteiger partial charge is 0.397 e. The molecule has 0 aliphatic carbocycles. The van der Waals surface area contributed by atoms with Crippen LogP contribution in [0.25, 0.3) is 0 Å². The molecule has 0 saturated heterocycles. The van der Waals surface area contributed by atoms with E-state index in [1.54, 1.807) is 55.5 Å². The Labute approximate surface area is 419 Å². The number of alkyl halides is 2. The first-order chi connectivity index (χ1) is 27.6. The Morgan fingerprint density at radius 1 is 0.617 bits per heavy atom. The topological polar surface area (TPSA) is 135 Å².